The average Bonchev–Trinajstić information content (AvgIpc) is 2.69. The summed E-state index contributed by atoms with van der Waals surface area (Å²) in [5.74, 6) is 0.959. The number of nitrogens with one attached hydrogen (secondary N) is 1. The van der Waals surface area contributed by atoms with Gasteiger partial charge in [-0.3, -0.25) is 0 Å². The van der Waals surface area contributed by atoms with Crippen molar-refractivity contribution in [3.63, 3.8) is 0 Å². The SMILES string of the molecule is CCCN(CCCC1CCNC1)C(C)C. The molecular formula is C13H28N2. The molecule has 15 heavy (non-hydrogen) atoms. The van der Waals surface area contributed by atoms with Gasteiger partial charge in [-0.25, -0.2) is 0 Å². The Kier molecular flexibility index (Phi) is 6.26. The van der Waals surface area contributed by atoms with Crippen molar-refractivity contribution >= 4 is 0 Å². The van der Waals surface area contributed by atoms with Crippen LogP contribution in [-0.4, -0.2) is 37.1 Å². The first-order valence-corrected chi connectivity index (χ1v) is 6.68. The van der Waals surface area contributed by atoms with Crippen molar-refractivity contribution in [2.45, 2.75) is 52.5 Å². The Bertz CT molecular complexity index is 151. The van der Waals surface area contributed by atoms with Gasteiger partial charge < -0.3 is 10.2 Å². The third-order valence-electron chi connectivity index (χ3n) is 3.46. The van der Waals surface area contributed by atoms with Crippen LogP contribution in [0.3, 0.4) is 0 Å². The Morgan fingerprint density at radius 3 is 2.67 bits per heavy atom. The van der Waals surface area contributed by atoms with Crippen molar-refractivity contribution in [2.24, 2.45) is 5.92 Å². The van der Waals surface area contributed by atoms with Crippen LogP contribution < -0.4 is 5.32 Å². The van der Waals surface area contributed by atoms with E-state index in [1.165, 1.54) is 51.9 Å². The first-order chi connectivity index (χ1) is 7.24. The Morgan fingerprint density at radius 1 is 1.33 bits per heavy atom. The molecule has 1 aliphatic rings. The summed E-state index contributed by atoms with van der Waals surface area (Å²) in [5.41, 5.74) is 0. The molecule has 0 saturated carbocycles. The summed E-state index contributed by atoms with van der Waals surface area (Å²) >= 11 is 0. The van der Waals surface area contributed by atoms with Gasteiger partial charge in [0.15, 0.2) is 0 Å². The van der Waals surface area contributed by atoms with Crippen LogP contribution in [-0.2, 0) is 0 Å². The zero-order valence-electron chi connectivity index (χ0n) is 10.8. The van der Waals surface area contributed by atoms with Gasteiger partial charge >= 0.3 is 0 Å². The summed E-state index contributed by atoms with van der Waals surface area (Å²) < 4.78 is 0. The Morgan fingerprint density at radius 2 is 2.13 bits per heavy atom. The molecule has 2 nitrogen and oxygen atoms in total. The zero-order valence-corrected chi connectivity index (χ0v) is 10.8. The van der Waals surface area contributed by atoms with E-state index in [0.717, 1.165) is 5.92 Å². The molecular weight excluding hydrogens is 184 g/mol. The molecule has 0 aliphatic carbocycles. The molecule has 1 atom stereocenters. The lowest BCUT2D eigenvalue weighted by Crippen LogP contribution is -2.32. The molecule has 0 aromatic heterocycles. The summed E-state index contributed by atoms with van der Waals surface area (Å²) in [6.07, 6.45) is 5.48. The summed E-state index contributed by atoms with van der Waals surface area (Å²) in [7, 11) is 0. The predicted molar refractivity (Wildman–Crippen MR) is 67.2 cm³/mol. The maximum Gasteiger partial charge on any atom is 0.00385 e. The van der Waals surface area contributed by atoms with Crippen LogP contribution in [0, 0.1) is 5.92 Å². The van der Waals surface area contributed by atoms with E-state index in [0.29, 0.717) is 6.04 Å². The fraction of sp³-hybridized carbons (Fsp3) is 1.00. The lowest BCUT2D eigenvalue weighted by molar-refractivity contribution is 0.213. The smallest absolute Gasteiger partial charge is 0.00385 e. The molecule has 1 saturated heterocycles. The number of hydrogen-bond acceptors (Lipinski definition) is 2. The normalized spacial score (nSPS) is 21.8. The van der Waals surface area contributed by atoms with Crippen LogP contribution in [0.2, 0.25) is 0 Å². The van der Waals surface area contributed by atoms with Gasteiger partial charge in [0, 0.05) is 6.04 Å². The van der Waals surface area contributed by atoms with Crippen molar-refractivity contribution in [1.82, 2.24) is 10.2 Å². The van der Waals surface area contributed by atoms with Gasteiger partial charge in [0.2, 0.25) is 0 Å². The van der Waals surface area contributed by atoms with Crippen LogP contribution in [0.4, 0.5) is 0 Å². The molecule has 1 N–H and O–H groups in total. The summed E-state index contributed by atoms with van der Waals surface area (Å²) in [6.45, 7) is 12.0. The van der Waals surface area contributed by atoms with Gasteiger partial charge in [-0.15, -0.1) is 0 Å². The van der Waals surface area contributed by atoms with Crippen LogP contribution >= 0.6 is 0 Å². The van der Waals surface area contributed by atoms with Gasteiger partial charge in [0.25, 0.3) is 0 Å². The molecule has 2 heteroatoms. The molecule has 1 fully saturated rings. The second-order valence-electron chi connectivity index (χ2n) is 5.13. The standard InChI is InChI=1S/C13H28N2/c1-4-9-15(12(2)3)10-5-6-13-7-8-14-11-13/h12-14H,4-11H2,1-3H3. The Balaban J connectivity index is 2.09. The fourth-order valence-electron chi connectivity index (χ4n) is 2.46. The molecule has 0 spiro atoms. The van der Waals surface area contributed by atoms with Crippen molar-refractivity contribution in [1.29, 1.82) is 0 Å². The first-order valence-electron chi connectivity index (χ1n) is 6.68. The van der Waals surface area contributed by atoms with Crippen molar-refractivity contribution in [3.8, 4) is 0 Å². The quantitative estimate of drug-likeness (QED) is 0.697. The van der Waals surface area contributed by atoms with E-state index >= 15 is 0 Å². The first kappa shape index (κ1) is 13.0. The topological polar surface area (TPSA) is 15.3 Å². The Labute approximate surface area is 95.4 Å². The van der Waals surface area contributed by atoms with E-state index in [1.807, 2.05) is 0 Å². The van der Waals surface area contributed by atoms with E-state index in [9.17, 15) is 0 Å². The third kappa shape index (κ3) is 4.98. The molecule has 0 aromatic carbocycles. The van der Waals surface area contributed by atoms with E-state index in [4.69, 9.17) is 0 Å². The third-order valence-corrected chi connectivity index (χ3v) is 3.46. The van der Waals surface area contributed by atoms with Crippen LogP contribution in [0.15, 0.2) is 0 Å². The molecule has 1 unspecified atom stereocenters. The molecule has 90 valence electrons. The summed E-state index contributed by atoms with van der Waals surface area (Å²) in [4.78, 5) is 2.61. The fourth-order valence-corrected chi connectivity index (χ4v) is 2.46. The molecule has 0 amide bonds. The molecule has 0 aromatic rings. The second kappa shape index (κ2) is 7.24. The molecule has 1 rings (SSSR count). The summed E-state index contributed by atoms with van der Waals surface area (Å²) in [6, 6.07) is 0.714. The number of rotatable bonds is 7. The predicted octanol–water partition coefficient (Wildman–Crippen LogP) is 2.50. The minimum atomic E-state index is 0.714. The van der Waals surface area contributed by atoms with E-state index in [2.05, 4.69) is 31.0 Å². The van der Waals surface area contributed by atoms with Gasteiger partial charge in [-0.2, -0.15) is 0 Å². The zero-order chi connectivity index (χ0) is 11.1. The lowest BCUT2D eigenvalue weighted by Gasteiger charge is -2.26. The van der Waals surface area contributed by atoms with Gasteiger partial charge in [0.05, 0.1) is 0 Å². The molecule has 0 radical (unpaired) electrons. The van der Waals surface area contributed by atoms with Crippen molar-refractivity contribution < 1.29 is 0 Å². The van der Waals surface area contributed by atoms with E-state index in [1.54, 1.807) is 0 Å². The maximum atomic E-state index is 3.44. The van der Waals surface area contributed by atoms with Gasteiger partial charge in [-0.05, 0) is 71.6 Å². The van der Waals surface area contributed by atoms with Crippen molar-refractivity contribution in [3.05, 3.63) is 0 Å². The van der Waals surface area contributed by atoms with Crippen LogP contribution in [0.25, 0.3) is 0 Å². The number of nitrogens with zero attached hydrogens (tertiary/aromatic N) is 1. The van der Waals surface area contributed by atoms with Crippen LogP contribution in [0.5, 0.6) is 0 Å². The molecule has 0 bridgehead atoms. The maximum absolute atomic E-state index is 3.44. The lowest BCUT2D eigenvalue weighted by atomic mass is 10.0. The van der Waals surface area contributed by atoms with E-state index < -0.39 is 0 Å². The number of hydrogen-bond donors (Lipinski definition) is 1. The Hall–Kier alpha value is -0.0800. The largest absolute Gasteiger partial charge is 0.316 e. The highest BCUT2D eigenvalue weighted by molar-refractivity contribution is 4.72. The monoisotopic (exact) mass is 212 g/mol. The molecule has 1 heterocycles. The van der Waals surface area contributed by atoms with Crippen molar-refractivity contribution in [2.75, 3.05) is 26.2 Å². The highest BCUT2D eigenvalue weighted by Gasteiger charge is 2.15. The highest BCUT2D eigenvalue weighted by Crippen LogP contribution is 2.15. The highest BCUT2D eigenvalue weighted by atomic mass is 15.1. The van der Waals surface area contributed by atoms with Gasteiger partial charge in [-0.1, -0.05) is 6.92 Å². The summed E-state index contributed by atoms with van der Waals surface area (Å²) in [5, 5.41) is 3.44. The minimum Gasteiger partial charge on any atom is -0.316 e. The molecule has 1 aliphatic heterocycles. The minimum absolute atomic E-state index is 0.714. The average molecular weight is 212 g/mol. The van der Waals surface area contributed by atoms with Gasteiger partial charge in [0.1, 0.15) is 0 Å². The van der Waals surface area contributed by atoms with E-state index in [-0.39, 0.29) is 0 Å². The second-order valence-corrected chi connectivity index (χ2v) is 5.13. The van der Waals surface area contributed by atoms with Crippen LogP contribution in [0.1, 0.15) is 46.5 Å².